The summed E-state index contributed by atoms with van der Waals surface area (Å²) in [5, 5.41) is 37.9. The van der Waals surface area contributed by atoms with Crippen LogP contribution in [0.5, 0.6) is 0 Å². The third-order valence-electron chi connectivity index (χ3n) is 5.38. The average molecular weight is 480 g/mol. The molecule has 0 spiro atoms. The largest absolute Gasteiger partial charge is 0.393 e. The van der Waals surface area contributed by atoms with Gasteiger partial charge in [0.25, 0.3) is 0 Å². The van der Waals surface area contributed by atoms with Crippen LogP contribution in [0.15, 0.2) is 6.20 Å². The van der Waals surface area contributed by atoms with Crippen LogP contribution in [0.1, 0.15) is 31.9 Å². The molecule has 2 aromatic heterocycles. The molecule has 0 radical (unpaired) electrons. The summed E-state index contributed by atoms with van der Waals surface area (Å²) in [6, 6.07) is 0.244. The van der Waals surface area contributed by atoms with Gasteiger partial charge in [0, 0.05) is 6.04 Å². The summed E-state index contributed by atoms with van der Waals surface area (Å²) in [6.45, 7) is -1.01. The Hall–Kier alpha value is -1.41. The molecule has 2 aromatic rings. The van der Waals surface area contributed by atoms with E-state index in [1.54, 1.807) is 0 Å². The smallest absolute Gasteiger partial charge is 0.356 e. The Balaban J connectivity index is 1.61. The molecule has 0 amide bonds. The molecular formula is C16H23ClN5O8P. The zero-order valence-corrected chi connectivity index (χ0v) is 17.8. The zero-order valence-electron chi connectivity index (χ0n) is 16.2. The first-order chi connectivity index (χ1) is 14.7. The summed E-state index contributed by atoms with van der Waals surface area (Å²) >= 11 is 6.08. The number of nitrogens with zero attached hydrogens (tertiary/aromatic N) is 4. The maximum absolute atomic E-state index is 11.4. The molecule has 172 valence electrons. The summed E-state index contributed by atoms with van der Waals surface area (Å²) in [5.74, 6) is -1.44. The lowest BCUT2D eigenvalue weighted by Crippen LogP contribution is -2.36. The van der Waals surface area contributed by atoms with E-state index in [1.165, 1.54) is 10.9 Å². The molecule has 5 atom stereocenters. The third-order valence-corrected chi connectivity index (χ3v) is 6.58. The number of nitrogens with one attached hydrogen (secondary N) is 1. The molecule has 1 unspecified atom stereocenters. The Morgan fingerprint density at radius 1 is 1.29 bits per heavy atom. The van der Waals surface area contributed by atoms with Crippen molar-refractivity contribution in [3.63, 3.8) is 0 Å². The van der Waals surface area contributed by atoms with Crippen molar-refractivity contribution < 1.29 is 39.1 Å². The van der Waals surface area contributed by atoms with Gasteiger partial charge in [-0.2, -0.15) is 15.1 Å². The van der Waals surface area contributed by atoms with Crippen LogP contribution < -0.4 is 5.32 Å². The van der Waals surface area contributed by atoms with Crippen molar-refractivity contribution in [2.45, 2.75) is 62.3 Å². The highest BCUT2D eigenvalue weighted by Gasteiger charge is 2.48. The van der Waals surface area contributed by atoms with Crippen LogP contribution in [0.2, 0.25) is 5.28 Å². The first kappa shape index (κ1) is 22.8. The lowest BCUT2D eigenvalue weighted by molar-refractivity contribution is -0.193. The quantitative estimate of drug-likeness (QED) is 0.229. The van der Waals surface area contributed by atoms with Gasteiger partial charge in [0.15, 0.2) is 24.0 Å². The fourth-order valence-electron chi connectivity index (χ4n) is 3.79. The van der Waals surface area contributed by atoms with Crippen LogP contribution in [-0.2, 0) is 14.0 Å². The maximum atomic E-state index is 11.4. The zero-order chi connectivity index (χ0) is 22.3. The third kappa shape index (κ3) is 4.56. The van der Waals surface area contributed by atoms with E-state index in [0.29, 0.717) is 11.2 Å². The highest BCUT2D eigenvalue weighted by atomic mass is 35.5. The van der Waals surface area contributed by atoms with E-state index in [1.807, 2.05) is 0 Å². The molecule has 3 heterocycles. The van der Waals surface area contributed by atoms with Crippen molar-refractivity contribution in [1.82, 2.24) is 19.7 Å². The second kappa shape index (κ2) is 8.85. The second-order valence-corrected chi connectivity index (χ2v) is 9.62. The van der Waals surface area contributed by atoms with Gasteiger partial charge >= 0.3 is 7.60 Å². The Bertz CT molecular complexity index is 982. The second-order valence-electron chi connectivity index (χ2n) is 7.53. The Morgan fingerprint density at radius 3 is 2.65 bits per heavy atom. The molecule has 6 N–H and O–H groups in total. The van der Waals surface area contributed by atoms with E-state index in [4.69, 9.17) is 21.1 Å². The minimum absolute atomic E-state index is 0.0579. The lowest BCUT2D eigenvalue weighted by Gasteiger charge is -2.22. The van der Waals surface area contributed by atoms with E-state index < -0.39 is 44.8 Å². The number of hydrogen-bond acceptors (Lipinski definition) is 10. The number of halogens is 1. The normalized spacial score (nSPS) is 28.5. The molecule has 1 saturated carbocycles. The molecule has 1 aliphatic heterocycles. The summed E-state index contributed by atoms with van der Waals surface area (Å²) in [6.07, 6.45) is -0.463. The number of aromatic nitrogens is 4. The van der Waals surface area contributed by atoms with Crippen molar-refractivity contribution in [3.8, 4) is 0 Å². The van der Waals surface area contributed by atoms with Gasteiger partial charge in [-0.1, -0.05) is 12.8 Å². The molecule has 0 bridgehead atoms. The predicted molar refractivity (Wildman–Crippen MR) is 106 cm³/mol. The molecular weight excluding hydrogens is 457 g/mol. The number of aliphatic hydroxyl groups is 3. The van der Waals surface area contributed by atoms with E-state index in [0.717, 1.165) is 25.7 Å². The van der Waals surface area contributed by atoms with Crippen LogP contribution in [0.3, 0.4) is 0 Å². The van der Waals surface area contributed by atoms with Gasteiger partial charge in [0.2, 0.25) is 5.28 Å². The molecule has 0 aromatic carbocycles. The molecule has 13 nitrogen and oxygen atoms in total. The molecule has 31 heavy (non-hydrogen) atoms. The summed E-state index contributed by atoms with van der Waals surface area (Å²) < 4.78 is 23.1. The average Bonchev–Trinajstić information content (AvgIpc) is 3.41. The SMILES string of the molecule is O=P(O)(O)C(CO)O[C@H]1O[C@@H](n2ncc3c(NC4CCCC4)nc(Cl)nc32)[C@H](O)[C@@H]1O. The summed E-state index contributed by atoms with van der Waals surface area (Å²) in [4.78, 5) is 26.8. The summed E-state index contributed by atoms with van der Waals surface area (Å²) in [7, 11) is -4.84. The molecule has 15 heteroatoms. The van der Waals surface area contributed by atoms with Crippen LogP contribution in [-0.4, -0.2) is 81.8 Å². The highest BCUT2D eigenvalue weighted by Crippen LogP contribution is 2.44. The van der Waals surface area contributed by atoms with Crippen LogP contribution in [0.4, 0.5) is 5.82 Å². The van der Waals surface area contributed by atoms with Crippen molar-refractivity contribution in [2.24, 2.45) is 0 Å². The fraction of sp³-hybridized carbons (Fsp3) is 0.688. The molecule has 4 rings (SSSR count). The Morgan fingerprint density at radius 2 is 2.00 bits per heavy atom. The van der Waals surface area contributed by atoms with E-state index in [-0.39, 0.29) is 17.0 Å². The molecule has 2 aliphatic rings. The van der Waals surface area contributed by atoms with Crippen LogP contribution >= 0.6 is 19.2 Å². The minimum atomic E-state index is -4.84. The van der Waals surface area contributed by atoms with Gasteiger partial charge in [-0.05, 0) is 24.4 Å². The first-order valence-electron chi connectivity index (χ1n) is 9.69. The van der Waals surface area contributed by atoms with Crippen molar-refractivity contribution in [1.29, 1.82) is 0 Å². The van der Waals surface area contributed by atoms with Gasteiger partial charge in [-0.15, -0.1) is 0 Å². The van der Waals surface area contributed by atoms with Gasteiger partial charge in [-0.3, -0.25) is 4.57 Å². The molecule has 1 aliphatic carbocycles. The fourth-order valence-corrected chi connectivity index (χ4v) is 4.44. The van der Waals surface area contributed by atoms with E-state index >= 15 is 0 Å². The van der Waals surface area contributed by atoms with Crippen LogP contribution in [0.25, 0.3) is 11.0 Å². The van der Waals surface area contributed by atoms with Crippen molar-refractivity contribution in [2.75, 3.05) is 11.9 Å². The van der Waals surface area contributed by atoms with Gasteiger partial charge < -0.3 is 39.9 Å². The van der Waals surface area contributed by atoms with Gasteiger partial charge in [0.1, 0.15) is 18.0 Å². The van der Waals surface area contributed by atoms with Gasteiger partial charge in [-0.25, -0.2) is 4.68 Å². The van der Waals surface area contributed by atoms with E-state index in [9.17, 15) is 29.7 Å². The van der Waals surface area contributed by atoms with E-state index in [2.05, 4.69) is 20.4 Å². The molecule has 1 saturated heterocycles. The summed E-state index contributed by atoms with van der Waals surface area (Å²) in [5.41, 5.74) is 0.228. The molecule has 2 fully saturated rings. The first-order valence-corrected chi connectivity index (χ1v) is 11.8. The van der Waals surface area contributed by atoms with Crippen LogP contribution in [0, 0.1) is 0 Å². The lowest BCUT2D eigenvalue weighted by atomic mass is 10.2. The highest BCUT2D eigenvalue weighted by molar-refractivity contribution is 7.52. The number of anilines is 1. The number of hydrogen-bond donors (Lipinski definition) is 6. The number of ether oxygens (including phenoxy) is 2. The van der Waals surface area contributed by atoms with Crippen molar-refractivity contribution >= 4 is 36.0 Å². The topological polar surface area (TPSA) is 192 Å². The Labute approximate surface area is 181 Å². The maximum Gasteiger partial charge on any atom is 0.356 e. The number of fused-ring (bicyclic) bond motifs is 1. The number of rotatable bonds is 7. The number of aliphatic hydroxyl groups excluding tert-OH is 3. The van der Waals surface area contributed by atoms with Gasteiger partial charge in [0.05, 0.1) is 18.2 Å². The Kier molecular flexibility index (Phi) is 6.50. The van der Waals surface area contributed by atoms with Crippen molar-refractivity contribution in [3.05, 3.63) is 11.5 Å². The minimum Gasteiger partial charge on any atom is -0.393 e. The monoisotopic (exact) mass is 479 g/mol. The standard InChI is InChI=1S/C16H23ClN5O8P/c17-16-20-12(19-7-3-1-2-4-7)8-5-18-22(13(8)21-16)14-10(24)11(25)15(30-14)29-9(6-23)31(26,27)28/h5,7,9-11,14-15,23-25H,1-4,6H2,(H,19,20,21)(H2,26,27,28)/t9?,10-,11+,14-,15+/m1/s1. The predicted octanol–water partition coefficient (Wildman–Crippen LogP) is -0.0764.